The number of nitrogen functional groups attached to an aromatic ring is 1. The topological polar surface area (TPSA) is 52.0 Å². The maximum absolute atomic E-state index is 14.0. The van der Waals surface area contributed by atoms with E-state index in [1.54, 1.807) is 18.2 Å². The molecule has 0 amide bonds. The number of halogens is 3. The maximum atomic E-state index is 14.0. The Morgan fingerprint density at radius 3 is 2.60 bits per heavy atom. The molecule has 2 N–H and O–H groups in total. The van der Waals surface area contributed by atoms with E-state index < -0.39 is 0 Å². The number of anilines is 1. The van der Waals surface area contributed by atoms with Gasteiger partial charge in [-0.25, -0.2) is 4.39 Å². The SMILES string of the molecule is Nc1noc(-c2cc(Br)sc2Br)c1-c1ccccc1F. The van der Waals surface area contributed by atoms with E-state index in [0.29, 0.717) is 16.9 Å². The number of rotatable bonds is 2. The van der Waals surface area contributed by atoms with Crippen LogP contribution in [-0.2, 0) is 0 Å². The third-order valence-corrected chi connectivity index (χ3v) is 5.10. The second kappa shape index (κ2) is 5.31. The molecule has 20 heavy (non-hydrogen) atoms. The van der Waals surface area contributed by atoms with Crippen LogP contribution in [0.5, 0.6) is 0 Å². The van der Waals surface area contributed by atoms with Gasteiger partial charge in [0.1, 0.15) is 5.82 Å². The van der Waals surface area contributed by atoms with Crippen LogP contribution in [0.2, 0.25) is 0 Å². The fourth-order valence-corrected chi connectivity index (χ4v) is 4.70. The van der Waals surface area contributed by atoms with Gasteiger partial charge in [-0.2, -0.15) is 0 Å². The molecule has 0 saturated heterocycles. The molecule has 0 spiro atoms. The highest BCUT2D eigenvalue weighted by Gasteiger charge is 2.23. The van der Waals surface area contributed by atoms with Crippen molar-refractivity contribution in [3.63, 3.8) is 0 Å². The van der Waals surface area contributed by atoms with Gasteiger partial charge in [-0.1, -0.05) is 23.4 Å². The van der Waals surface area contributed by atoms with Crippen molar-refractivity contribution < 1.29 is 8.91 Å². The fourth-order valence-electron chi connectivity index (χ4n) is 1.91. The quantitative estimate of drug-likeness (QED) is 0.614. The molecular formula is C13H7Br2FN2OS. The molecular weight excluding hydrogens is 411 g/mol. The zero-order valence-electron chi connectivity index (χ0n) is 9.86. The summed E-state index contributed by atoms with van der Waals surface area (Å²) in [5.41, 5.74) is 7.46. The minimum absolute atomic E-state index is 0.166. The van der Waals surface area contributed by atoms with Crippen molar-refractivity contribution in [2.75, 3.05) is 5.73 Å². The Labute approximate surface area is 134 Å². The molecule has 102 valence electrons. The lowest BCUT2D eigenvalue weighted by Gasteiger charge is -2.03. The monoisotopic (exact) mass is 416 g/mol. The summed E-state index contributed by atoms with van der Waals surface area (Å²) in [6, 6.07) is 8.27. The van der Waals surface area contributed by atoms with Crippen molar-refractivity contribution >= 4 is 49.0 Å². The van der Waals surface area contributed by atoms with Gasteiger partial charge in [-0.05, 0) is 44.0 Å². The van der Waals surface area contributed by atoms with Crippen LogP contribution in [0.1, 0.15) is 0 Å². The van der Waals surface area contributed by atoms with Crippen LogP contribution in [0.4, 0.5) is 10.2 Å². The van der Waals surface area contributed by atoms with E-state index in [4.69, 9.17) is 10.3 Å². The van der Waals surface area contributed by atoms with Crippen molar-refractivity contribution in [2.45, 2.75) is 0 Å². The largest absolute Gasteiger partial charge is 0.380 e. The Morgan fingerprint density at radius 2 is 1.95 bits per heavy atom. The van der Waals surface area contributed by atoms with Gasteiger partial charge in [0, 0.05) is 11.1 Å². The van der Waals surface area contributed by atoms with Crippen molar-refractivity contribution in [2.24, 2.45) is 0 Å². The van der Waals surface area contributed by atoms with Crippen molar-refractivity contribution in [3.8, 4) is 22.5 Å². The number of thiophene rings is 1. The normalized spacial score (nSPS) is 10.9. The van der Waals surface area contributed by atoms with Gasteiger partial charge >= 0.3 is 0 Å². The molecule has 2 heterocycles. The molecule has 0 saturated carbocycles. The molecule has 0 atom stereocenters. The predicted octanol–water partition coefficient (Wildman–Crippen LogP) is 5.32. The molecule has 0 unspecified atom stereocenters. The molecule has 2 aromatic heterocycles. The van der Waals surface area contributed by atoms with E-state index in [1.165, 1.54) is 17.4 Å². The number of hydrogen-bond acceptors (Lipinski definition) is 4. The van der Waals surface area contributed by atoms with E-state index in [9.17, 15) is 4.39 Å². The lowest BCUT2D eigenvalue weighted by molar-refractivity contribution is 0.436. The first-order valence-corrected chi connectivity index (χ1v) is 7.93. The fraction of sp³-hybridized carbons (Fsp3) is 0. The summed E-state index contributed by atoms with van der Waals surface area (Å²) in [4.78, 5) is 0. The highest BCUT2D eigenvalue weighted by atomic mass is 79.9. The van der Waals surface area contributed by atoms with E-state index in [2.05, 4.69) is 37.0 Å². The van der Waals surface area contributed by atoms with E-state index in [-0.39, 0.29) is 11.6 Å². The first-order chi connectivity index (χ1) is 9.58. The minimum atomic E-state index is -0.367. The molecule has 0 aliphatic carbocycles. The van der Waals surface area contributed by atoms with Crippen LogP contribution in [0.15, 0.2) is 42.4 Å². The van der Waals surface area contributed by atoms with Crippen molar-refractivity contribution in [1.82, 2.24) is 5.16 Å². The van der Waals surface area contributed by atoms with Gasteiger partial charge in [-0.15, -0.1) is 11.3 Å². The van der Waals surface area contributed by atoms with E-state index in [1.807, 2.05) is 6.07 Å². The first-order valence-electron chi connectivity index (χ1n) is 5.53. The van der Waals surface area contributed by atoms with Crippen LogP contribution in [-0.4, -0.2) is 5.16 Å². The van der Waals surface area contributed by atoms with Crippen molar-refractivity contribution in [3.05, 3.63) is 43.7 Å². The van der Waals surface area contributed by atoms with Gasteiger partial charge in [0.15, 0.2) is 11.6 Å². The summed E-state index contributed by atoms with van der Waals surface area (Å²) in [6.45, 7) is 0. The Hall–Kier alpha value is -1.18. The Bertz CT molecular complexity index is 785. The summed E-state index contributed by atoms with van der Waals surface area (Å²) in [7, 11) is 0. The third-order valence-electron chi connectivity index (χ3n) is 2.76. The van der Waals surface area contributed by atoms with Gasteiger partial charge in [0.25, 0.3) is 0 Å². The van der Waals surface area contributed by atoms with Crippen LogP contribution in [0, 0.1) is 5.82 Å². The molecule has 3 aromatic rings. The van der Waals surface area contributed by atoms with Crippen LogP contribution in [0.25, 0.3) is 22.5 Å². The molecule has 7 heteroatoms. The molecule has 0 aliphatic rings. The second-order valence-electron chi connectivity index (χ2n) is 3.99. The van der Waals surface area contributed by atoms with Crippen LogP contribution >= 0.6 is 43.2 Å². The van der Waals surface area contributed by atoms with Gasteiger partial charge in [-0.3, -0.25) is 0 Å². The molecule has 3 nitrogen and oxygen atoms in total. The number of benzene rings is 1. The minimum Gasteiger partial charge on any atom is -0.380 e. The standard InChI is InChI=1S/C13H7Br2FN2OS/c14-9-5-7(12(15)20-9)11-10(13(17)18-19-11)6-3-1-2-4-8(6)16/h1-5H,(H2,17,18). The second-order valence-corrected chi connectivity index (χ2v) is 7.74. The predicted molar refractivity (Wildman–Crippen MR) is 85.0 cm³/mol. The van der Waals surface area contributed by atoms with Gasteiger partial charge in [0.2, 0.25) is 0 Å². The first kappa shape index (κ1) is 13.8. The average molecular weight is 418 g/mol. The molecule has 3 rings (SSSR count). The highest BCUT2D eigenvalue weighted by molar-refractivity contribution is 9.12. The lowest BCUT2D eigenvalue weighted by Crippen LogP contribution is -1.91. The third kappa shape index (κ3) is 2.30. The number of aromatic nitrogens is 1. The average Bonchev–Trinajstić information content (AvgIpc) is 2.93. The van der Waals surface area contributed by atoms with Gasteiger partial charge in [0.05, 0.1) is 13.1 Å². The maximum Gasteiger partial charge on any atom is 0.179 e. The highest BCUT2D eigenvalue weighted by Crippen LogP contribution is 2.44. The molecule has 0 bridgehead atoms. The van der Waals surface area contributed by atoms with Crippen molar-refractivity contribution in [1.29, 1.82) is 0 Å². The number of hydrogen-bond donors (Lipinski definition) is 1. The van der Waals surface area contributed by atoms with Crippen LogP contribution < -0.4 is 5.73 Å². The molecule has 0 aliphatic heterocycles. The summed E-state index contributed by atoms with van der Waals surface area (Å²) in [6.07, 6.45) is 0. The molecule has 0 radical (unpaired) electrons. The molecule has 0 fully saturated rings. The van der Waals surface area contributed by atoms with E-state index >= 15 is 0 Å². The smallest absolute Gasteiger partial charge is 0.179 e. The van der Waals surface area contributed by atoms with E-state index in [0.717, 1.165) is 13.1 Å². The lowest BCUT2D eigenvalue weighted by atomic mass is 10.0. The number of nitrogens with zero attached hydrogens (tertiary/aromatic N) is 1. The zero-order chi connectivity index (χ0) is 14.3. The Morgan fingerprint density at radius 1 is 1.20 bits per heavy atom. The van der Waals surface area contributed by atoms with Crippen LogP contribution in [0.3, 0.4) is 0 Å². The summed E-state index contributed by atoms with van der Waals surface area (Å²) < 4.78 is 21.1. The summed E-state index contributed by atoms with van der Waals surface area (Å²) in [5, 5.41) is 3.77. The Kier molecular flexibility index (Phi) is 3.66. The zero-order valence-corrected chi connectivity index (χ0v) is 13.9. The van der Waals surface area contributed by atoms with Gasteiger partial charge < -0.3 is 10.3 Å². The summed E-state index contributed by atoms with van der Waals surface area (Å²) in [5.74, 6) is 0.245. The number of nitrogens with two attached hydrogens (primary N) is 1. The summed E-state index contributed by atoms with van der Waals surface area (Å²) >= 11 is 8.35. The Balaban J connectivity index is 2.26. The molecule has 1 aromatic carbocycles.